The van der Waals surface area contributed by atoms with Crippen molar-refractivity contribution in [3.8, 4) is 5.75 Å². The van der Waals surface area contributed by atoms with Crippen molar-refractivity contribution in [2.75, 3.05) is 0 Å². The molecule has 0 amide bonds. The molecule has 0 aliphatic carbocycles. The van der Waals surface area contributed by atoms with Crippen molar-refractivity contribution in [1.29, 1.82) is 0 Å². The Bertz CT molecular complexity index is 706. The Morgan fingerprint density at radius 3 is 2.62 bits per heavy atom. The van der Waals surface area contributed by atoms with Gasteiger partial charge < -0.3 is 4.74 Å². The monoisotopic (exact) mass is 280 g/mol. The van der Waals surface area contributed by atoms with Crippen LogP contribution in [0.5, 0.6) is 5.75 Å². The Balaban J connectivity index is 2.33. The van der Waals surface area contributed by atoms with E-state index in [1.165, 1.54) is 0 Å². The van der Waals surface area contributed by atoms with Crippen molar-refractivity contribution in [2.24, 2.45) is 10.2 Å². The topological polar surface area (TPSA) is 51.0 Å². The van der Waals surface area contributed by atoms with E-state index in [9.17, 15) is 4.79 Å². The zero-order valence-corrected chi connectivity index (χ0v) is 12.0. The molecule has 0 atom stereocenters. The Morgan fingerprint density at radius 1 is 1.14 bits per heavy atom. The summed E-state index contributed by atoms with van der Waals surface area (Å²) in [6, 6.07) is 13.1. The third kappa shape index (κ3) is 3.86. The summed E-state index contributed by atoms with van der Waals surface area (Å²) in [5.74, 6) is -0.116. The maximum absolute atomic E-state index is 11.4. The molecule has 0 N–H and O–H groups in total. The van der Waals surface area contributed by atoms with Gasteiger partial charge in [0, 0.05) is 6.08 Å². The summed E-state index contributed by atoms with van der Waals surface area (Å²) in [4.78, 5) is 11.4. The maximum Gasteiger partial charge on any atom is 0.335 e. The van der Waals surface area contributed by atoms with Crippen LogP contribution in [0.25, 0.3) is 0 Å². The van der Waals surface area contributed by atoms with E-state index in [-0.39, 0.29) is 0 Å². The molecule has 2 aromatic carbocycles. The first-order chi connectivity index (χ1) is 10.1. The molecule has 4 heteroatoms. The summed E-state index contributed by atoms with van der Waals surface area (Å²) in [5, 5.41) is 8.36. The minimum atomic E-state index is -0.517. The molecule has 0 saturated carbocycles. The van der Waals surface area contributed by atoms with Gasteiger partial charge in [0.25, 0.3) is 0 Å². The van der Waals surface area contributed by atoms with Gasteiger partial charge in [-0.25, -0.2) is 4.79 Å². The van der Waals surface area contributed by atoms with Crippen LogP contribution in [0.1, 0.15) is 11.1 Å². The molecular formula is C17H16N2O2. The summed E-state index contributed by atoms with van der Waals surface area (Å²) in [7, 11) is 0. The Kier molecular flexibility index (Phi) is 4.61. The Morgan fingerprint density at radius 2 is 1.90 bits per heavy atom. The lowest BCUT2D eigenvalue weighted by Crippen LogP contribution is -2.04. The summed E-state index contributed by atoms with van der Waals surface area (Å²) >= 11 is 0. The quantitative estimate of drug-likeness (QED) is 0.349. The second kappa shape index (κ2) is 6.61. The first kappa shape index (κ1) is 14.7. The lowest BCUT2D eigenvalue weighted by molar-refractivity contribution is -0.128. The summed E-state index contributed by atoms with van der Waals surface area (Å²) in [5.41, 5.74) is 3.17. The van der Waals surface area contributed by atoms with E-state index in [2.05, 4.69) is 16.8 Å². The number of benzene rings is 2. The molecule has 106 valence electrons. The summed E-state index contributed by atoms with van der Waals surface area (Å²) in [6.45, 7) is 7.22. The first-order valence-electron chi connectivity index (χ1n) is 6.52. The second-order valence-electron chi connectivity index (χ2n) is 4.59. The highest BCUT2D eigenvalue weighted by Crippen LogP contribution is 2.32. The van der Waals surface area contributed by atoms with E-state index >= 15 is 0 Å². The van der Waals surface area contributed by atoms with Crippen molar-refractivity contribution in [2.45, 2.75) is 13.8 Å². The van der Waals surface area contributed by atoms with Crippen molar-refractivity contribution in [1.82, 2.24) is 0 Å². The van der Waals surface area contributed by atoms with Crippen molar-refractivity contribution < 1.29 is 9.53 Å². The van der Waals surface area contributed by atoms with E-state index in [1.807, 2.05) is 50.2 Å². The zero-order chi connectivity index (χ0) is 15.2. The smallest absolute Gasteiger partial charge is 0.335 e. The molecule has 4 nitrogen and oxygen atoms in total. The fraction of sp³-hybridized carbons (Fsp3) is 0.118. The van der Waals surface area contributed by atoms with Crippen LogP contribution in [0.3, 0.4) is 0 Å². The van der Waals surface area contributed by atoms with Crippen LogP contribution >= 0.6 is 0 Å². The molecule has 0 aromatic heterocycles. The number of rotatable bonds is 4. The molecule has 0 aliphatic rings. The number of nitrogens with zero attached hydrogens (tertiary/aromatic N) is 2. The van der Waals surface area contributed by atoms with Gasteiger partial charge in [0.1, 0.15) is 5.69 Å². The van der Waals surface area contributed by atoms with Gasteiger partial charge >= 0.3 is 5.97 Å². The van der Waals surface area contributed by atoms with Crippen molar-refractivity contribution in [3.63, 3.8) is 0 Å². The highest BCUT2D eigenvalue weighted by molar-refractivity contribution is 5.84. The Hall–Kier alpha value is -2.75. The summed E-state index contributed by atoms with van der Waals surface area (Å²) < 4.78 is 5.23. The molecule has 0 saturated heterocycles. The van der Waals surface area contributed by atoms with Crippen LogP contribution in [0.2, 0.25) is 0 Å². The van der Waals surface area contributed by atoms with E-state index in [1.54, 1.807) is 6.07 Å². The number of carbonyl (C=O) groups is 1. The molecule has 0 bridgehead atoms. The van der Waals surface area contributed by atoms with Gasteiger partial charge in [-0.15, -0.1) is 5.11 Å². The van der Waals surface area contributed by atoms with Crippen LogP contribution in [0, 0.1) is 13.8 Å². The van der Waals surface area contributed by atoms with Crippen LogP contribution in [-0.4, -0.2) is 5.97 Å². The van der Waals surface area contributed by atoms with Gasteiger partial charge in [-0.2, -0.15) is 5.11 Å². The van der Waals surface area contributed by atoms with Crippen LogP contribution < -0.4 is 4.74 Å². The molecule has 2 rings (SSSR count). The number of hydrogen-bond acceptors (Lipinski definition) is 4. The normalized spacial score (nSPS) is 10.6. The molecule has 21 heavy (non-hydrogen) atoms. The third-order valence-corrected chi connectivity index (χ3v) is 2.84. The van der Waals surface area contributed by atoms with E-state index in [0.29, 0.717) is 11.4 Å². The average Bonchev–Trinajstić information content (AvgIpc) is 2.47. The van der Waals surface area contributed by atoms with Crippen LogP contribution in [-0.2, 0) is 4.79 Å². The van der Waals surface area contributed by atoms with E-state index in [0.717, 1.165) is 22.9 Å². The molecule has 0 heterocycles. The average molecular weight is 280 g/mol. The molecule has 0 aliphatic heterocycles. The van der Waals surface area contributed by atoms with Crippen molar-refractivity contribution in [3.05, 3.63) is 66.2 Å². The minimum absolute atomic E-state index is 0.402. The van der Waals surface area contributed by atoms with Crippen molar-refractivity contribution >= 4 is 17.3 Å². The standard InChI is InChI=1S/C17H16N2O2/c1-4-16(20)21-17-13(3)8-6-10-15(17)19-18-14-9-5-7-12(2)11-14/h4-11H,1H2,2-3H3. The van der Waals surface area contributed by atoms with Gasteiger partial charge in [0.15, 0.2) is 5.75 Å². The zero-order valence-electron chi connectivity index (χ0n) is 12.0. The number of ether oxygens (including phenoxy) is 1. The third-order valence-electron chi connectivity index (χ3n) is 2.84. The molecule has 0 radical (unpaired) electrons. The predicted octanol–water partition coefficient (Wildman–Crippen LogP) is 4.81. The predicted molar refractivity (Wildman–Crippen MR) is 82.4 cm³/mol. The molecule has 2 aromatic rings. The van der Waals surface area contributed by atoms with Gasteiger partial charge in [0.05, 0.1) is 5.69 Å². The molecule has 0 spiro atoms. The number of esters is 1. The number of hydrogen-bond donors (Lipinski definition) is 0. The SMILES string of the molecule is C=CC(=O)Oc1c(C)cccc1N=Nc1cccc(C)c1. The molecule has 0 fully saturated rings. The van der Waals surface area contributed by atoms with Gasteiger partial charge in [-0.1, -0.05) is 30.8 Å². The Labute approximate surface area is 123 Å². The van der Waals surface area contributed by atoms with Crippen LogP contribution in [0.15, 0.2) is 65.3 Å². The number of carbonyl (C=O) groups excluding carboxylic acids is 1. The summed E-state index contributed by atoms with van der Waals surface area (Å²) in [6.07, 6.45) is 1.12. The lowest BCUT2D eigenvalue weighted by atomic mass is 10.2. The fourth-order valence-electron chi connectivity index (χ4n) is 1.79. The highest BCUT2D eigenvalue weighted by atomic mass is 16.5. The van der Waals surface area contributed by atoms with Gasteiger partial charge in [-0.3, -0.25) is 0 Å². The van der Waals surface area contributed by atoms with Crippen LogP contribution in [0.4, 0.5) is 11.4 Å². The lowest BCUT2D eigenvalue weighted by Gasteiger charge is -2.07. The fourth-order valence-corrected chi connectivity index (χ4v) is 1.79. The molecular weight excluding hydrogens is 264 g/mol. The first-order valence-corrected chi connectivity index (χ1v) is 6.52. The second-order valence-corrected chi connectivity index (χ2v) is 4.59. The minimum Gasteiger partial charge on any atom is -0.421 e. The van der Waals surface area contributed by atoms with E-state index < -0.39 is 5.97 Å². The molecule has 0 unspecified atom stereocenters. The van der Waals surface area contributed by atoms with Gasteiger partial charge in [-0.05, 0) is 43.2 Å². The number of para-hydroxylation sites is 1. The number of azo groups is 1. The van der Waals surface area contributed by atoms with Gasteiger partial charge in [0.2, 0.25) is 0 Å². The highest BCUT2D eigenvalue weighted by Gasteiger charge is 2.09. The maximum atomic E-state index is 11.4. The largest absolute Gasteiger partial charge is 0.421 e. The van der Waals surface area contributed by atoms with E-state index in [4.69, 9.17) is 4.74 Å². The number of aryl methyl sites for hydroxylation is 2.